The molecule has 41 heavy (non-hydrogen) atoms. The molecule has 6 nitrogen and oxygen atoms in total. The van der Waals surface area contributed by atoms with Gasteiger partial charge in [-0.3, -0.25) is 0 Å². The summed E-state index contributed by atoms with van der Waals surface area (Å²) in [4.78, 5) is 9.89. The minimum Gasteiger partial charge on any atom is -0.404 e. The third-order valence-corrected chi connectivity index (χ3v) is 25.0. The molecule has 0 unspecified atom stereocenters. The van der Waals surface area contributed by atoms with E-state index in [4.69, 9.17) is 18.2 Å². The Balaban J connectivity index is 1.85. The molecule has 2 aromatic heterocycles. The zero-order valence-corrected chi connectivity index (χ0v) is 29.0. The van der Waals surface area contributed by atoms with E-state index in [9.17, 15) is 0 Å². The molecular formula is C32H42N4O2Si3. The molecule has 6 bridgehead atoms. The summed E-state index contributed by atoms with van der Waals surface area (Å²) in [5, 5.41) is 2.00. The van der Waals surface area contributed by atoms with Crippen molar-refractivity contribution in [2.24, 2.45) is 9.98 Å². The molecule has 9 heteroatoms. The number of fused-ring (bicyclic) bond motifs is 2. The Morgan fingerprint density at radius 1 is 0.585 bits per heavy atom. The maximum Gasteiger partial charge on any atom is 0.577 e. The van der Waals surface area contributed by atoms with Gasteiger partial charge in [0.05, 0.1) is 22.8 Å². The molecule has 0 aliphatic carbocycles. The summed E-state index contributed by atoms with van der Waals surface area (Å²) in [6.45, 7) is 23.3. The van der Waals surface area contributed by atoms with Crippen LogP contribution in [0.25, 0.3) is 24.3 Å². The first-order valence-electron chi connectivity index (χ1n) is 14.5. The second-order valence-corrected chi connectivity index (χ2v) is 27.1. The van der Waals surface area contributed by atoms with Crippen LogP contribution in [0.1, 0.15) is 52.9 Å². The maximum atomic E-state index is 7.90. The van der Waals surface area contributed by atoms with E-state index in [2.05, 4.69) is 149 Å². The van der Waals surface area contributed by atoms with Gasteiger partial charge in [0.25, 0.3) is 0 Å². The smallest absolute Gasteiger partial charge is 0.404 e. The van der Waals surface area contributed by atoms with E-state index in [0.29, 0.717) is 0 Å². The summed E-state index contributed by atoms with van der Waals surface area (Å²) >= 11 is 0. The highest BCUT2D eigenvalue weighted by Gasteiger charge is 2.59. The molecular weight excluding hydrogens is 557 g/mol. The van der Waals surface area contributed by atoms with Gasteiger partial charge >= 0.3 is 8.88 Å². The van der Waals surface area contributed by atoms with Crippen molar-refractivity contribution in [3.8, 4) is 0 Å². The van der Waals surface area contributed by atoms with Crippen LogP contribution in [-0.2, 0) is 8.23 Å². The van der Waals surface area contributed by atoms with Gasteiger partial charge in [-0.15, -0.1) is 0 Å². The first-order valence-corrected chi connectivity index (χ1v) is 22.0. The van der Waals surface area contributed by atoms with E-state index in [1.807, 2.05) is 0 Å². The number of aliphatic imine (C=N–C) groups is 2. The molecule has 0 saturated carbocycles. The lowest BCUT2D eigenvalue weighted by atomic mass is 10.2. The van der Waals surface area contributed by atoms with Crippen molar-refractivity contribution in [1.29, 1.82) is 0 Å². The Bertz CT molecular complexity index is 1640. The molecule has 6 rings (SSSR count). The van der Waals surface area contributed by atoms with E-state index in [0.717, 1.165) is 44.9 Å². The predicted octanol–water partition coefficient (Wildman–Crippen LogP) is 6.46. The van der Waals surface area contributed by atoms with Crippen molar-refractivity contribution in [2.75, 3.05) is 0 Å². The van der Waals surface area contributed by atoms with Gasteiger partial charge in [-0.25, -0.2) is 9.98 Å². The topological polar surface area (TPSA) is 53.0 Å². The van der Waals surface area contributed by atoms with Gasteiger partial charge < -0.3 is 16.7 Å². The molecule has 0 amide bonds. The molecule has 6 heterocycles. The van der Waals surface area contributed by atoms with Crippen LogP contribution in [0.4, 0.5) is 0 Å². The number of aromatic nitrogens is 2. The van der Waals surface area contributed by atoms with Crippen LogP contribution in [0.2, 0.25) is 36.3 Å². The zero-order chi connectivity index (χ0) is 29.6. The molecule has 0 N–H and O–H groups in total. The SMILES string of the molecule is CC(C)(C)[Si](C)(C)O[Si]1(O[Si](C)(C)C(C)(C)C)n2c3ccc2C=C2C=CC(=N2)C=c2ccc(n21)=CC1=NC(=C3)C=C1. The van der Waals surface area contributed by atoms with Crippen LogP contribution in [0.3, 0.4) is 0 Å². The van der Waals surface area contributed by atoms with Gasteiger partial charge in [0.1, 0.15) is 0 Å². The molecule has 4 aliphatic rings. The van der Waals surface area contributed by atoms with Crippen molar-refractivity contribution in [1.82, 2.24) is 8.47 Å². The molecule has 0 spiro atoms. The van der Waals surface area contributed by atoms with Gasteiger partial charge in [0.2, 0.25) is 0 Å². The summed E-state index contributed by atoms with van der Waals surface area (Å²) < 4.78 is 20.6. The lowest BCUT2D eigenvalue weighted by Crippen LogP contribution is -2.72. The van der Waals surface area contributed by atoms with Crippen molar-refractivity contribution < 1.29 is 8.23 Å². The van der Waals surface area contributed by atoms with Crippen molar-refractivity contribution >= 4 is 61.2 Å². The average molecular weight is 599 g/mol. The first kappa shape index (κ1) is 28.3. The molecule has 0 radical (unpaired) electrons. The fourth-order valence-electron chi connectivity index (χ4n) is 5.03. The number of rotatable bonds is 4. The molecule has 0 atom stereocenters. The van der Waals surface area contributed by atoms with Crippen molar-refractivity contribution in [3.05, 3.63) is 82.0 Å². The van der Waals surface area contributed by atoms with Gasteiger partial charge in [-0.1, -0.05) is 41.5 Å². The normalized spacial score (nSPS) is 19.2. The lowest BCUT2D eigenvalue weighted by Gasteiger charge is -2.49. The Kier molecular flexibility index (Phi) is 6.27. The standard InChI is InChI=1S/C32H42N4O2Si3/c1-31(2,3)39(7,8)37-41(38-40(9,10)32(4,5)6)35-27-15-16-29(35)21-25-13-14-26(34-25)22-30-18-17-28(36(30)41)20-24-12-11-23(19-27)33-24/h11-22H,1-10H3. The van der Waals surface area contributed by atoms with E-state index >= 15 is 0 Å². The van der Waals surface area contributed by atoms with Crippen LogP contribution in [0.5, 0.6) is 0 Å². The molecule has 214 valence electrons. The summed E-state index contributed by atoms with van der Waals surface area (Å²) in [6, 6.07) is 8.74. The maximum absolute atomic E-state index is 7.90. The monoisotopic (exact) mass is 598 g/mol. The van der Waals surface area contributed by atoms with Crippen molar-refractivity contribution in [2.45, 2.75) is 77.8 Å². The molecule has 0 saturated heterocycles. The van der Waals surface area contributed by atoms with E-state index in [-0.39, 0.29) is 10.1 Å². The summed E-state index contributed by atoms with van der Waals surface area (Å²) in [7, 11) is -8.42. The second kappa shape index (κ2) is 9.08. The lowest BCUT2D eigenvalue weighted by molar-refractivity contribution is 0.311. The van der Waals surface area contributed by atoms with Gasteiger partial charge in [0, 0.05) is 22.1 Å². The number of nitrogens with zero attached hydrogens (tertiary/aromatic N) is 4. The predicted molar refractivity (Wildman–Crippen MR) is 179 cm³/mol. The third-order valence-electron chi connectivity index (χ3n) is 9.39. The van der Waals surface area contributed by atoms with E-state index < -0.39 is 25.5 Å². The van der Waals surface area contributed by atoms with Crippen LogP contribution in [-0.4, -0.2) is 45.4 Å². The molecule has 0 fully saturated rings. The van der Waals surface area contributed by atoms with Crippen LogP contribution >= 0.6 is 0 Å². The summed E-state index contributed by atoms with van der Waals surface area (Å²) in [5.41, 5.74) is 5.78. The van der Waals surface area contributed by atoms with Gasteiger partial charge in [-0.05, 0) is 109 Å². The Hall–Kier alpha value is -2.83. The van der Waals surface area contributed by atoms with E-state index in [1.54, 1.807) is 0 Å². The molecule has 2 aromatic rings. The third kappa shape index (κ3) is 4.68. The highest BCUT2D eigenvalue weighted by molar-refractivity contribution is 6.89. The number of hydrogen-bond donors (Lipinski definition) is 0. The largest absolute Gasteiger partial charge is 0.577 e. The van der Waals surface area contributed by atoms with E-state index in [1.165, 1.54) is 0 Å². The molecule has 0 aromatic carbocycles. The Morgan fingerprint density at radius 3 is 1.39 bits per heavy atom. The van der Waals surface area contributed by atoms with Gasteiger partial charge in [0.15, 0.2) is 16.6 Å². The van der Waals surface area contributed by atoms with Crippen LogP contribution in [0.15, 0.2) is 69.9 Å². The van der Waals surface area contributed by atoms with Crippen LogP contribution < -0.4 is 10.7 Å². The van der Waals surface area contributed by atoms with Crippen molar-refractivity contribution in [3.63, 3.8) is 0 Å². The quantitative estimate of drug-likeness (QED) is 0.380. The Labute approximate surface area is 247 Å². The van der Waals surface area contributed by atoms with Crippen LogP contribution in [0, 0.1) is 0 Å². The van der Waals surface area contributed by atoms with Gasteiger partial charge in [-0.2, -0.15) is 0 Å². The highest BCUT2D eigenvalue weighted by Crippen LogP contribution is 2.44. The number of hydrogen-bond acceptors (Lipinski definition) is 4. The summed E-state index contributed by atoms with van der Waals surface area (Å²) in [5.74, 6) is 0. The molecule has 4 aliphatic heterocycles. The fraction of sp³-hybridized carbons (Fsp3) is 0.375. The minimum atomic E-state index is -3.58. The highest BCUT2D eigenvalue weighted by atomic mass is 28.5. The average Bonchev–Trinajstić information content (AvgIpc) is 3.61. The minimum absolute atomic E-state index is 0.0309. The summed E-state index contributed by atoms with van der Waals surface area (Å²) in [6.07, 6.45) is 17.1. The first-order chi connectivity index (χ1) is 19.0. The number of allylic oxidation sites excluding steroid dienone is 4. The Morgan fingerprint density at radius 2 is 1.00 bits per heavy atom. The fourth-order valence-corrected chi connectivity index (χ4v) is 16.9. The second-order valence-electron chi connectivity index (χ2n) is 14.5. The zero-order valence-electron chi connectivity index (χ0n) is 26.0.